The van der Waals surface area contributed by atoms with Crippen LogP contribution in [0, 0.1) is 0 Å². The number of hydrogen-bond donors (Lipinski definition) is 3. The van der Waals surface area contributed by atoms with Crippen molar-refractivity contribution in [3.8, 4) is 0 Å². The molecule has 0 fully saturated rings. The highest BCUT2D eigenvalue weighted by Gasteiger charge is 2.26. The number of quaternary nitrogens is 1. The molecule has 9 heavy (non-hydrogen) atoms. The molecular weight excluding hydrogens is 141 g/mol. The normalized spacial score (nSPS) is 12.6. The lowest BCUT2D eigenvalue weighted by Crippen LogP contribution is -3.06. The van der Waals surface area contributed by atoms with Crippen molar-refractivity contribution < 1.29 is 19.0 Å². The fourth-order valence-electron chi connectivity index (χ4n) is 0.662. The van der Waals surface area contributed by atoms with Crippen molar-refractivity contribution in [2.24, 2.45) is 0 Å². The molecule has 0 heterocycles. The standard InChI is InChI=1S/C4H12NO3P/c1-3-5(4-2)9(6,7)8/h3-4H2,1-2H3,(H2,6,7,8)/p+1. The van der Waals surface area contributed by atoms with Crippen molar-refractivity contribution in [2.75, 3.05) is 13.1 Å². The molecule has 0 unspecified atom stereocenters. The molecule has 0 saturated carbocycles. The summed E-state index contributed by atoms with van der Waals surface area (Å²) in [7, 11) is -3.86. The van der Waals surface area contributed by atoms with Gasteiger partial charge in [-0.2, -0.15) is 0 Å². The second-order valence-corrected chi connectivity index (χ2v) is 3.54. The zero-order valence-corrected chi connectivity index (χ0v) is 6.56. The average Bonchev–Trinajstić information content (AvgIpc) is 1.65. The van der Waals surface area contributed by atoms with Crippen LogP contribution in [-0.4, -0.2) is 22.9 Å². The predicted octanol–water partition coefficient (Wildman–Crippen LogP) is -0.996. The number of rotatable bonds is 3. The Morgan fingerprint density at radius 3 is 1.67 bits per heavy atom. The highest BCUT2D eigenvalue weighted by Crippen LogP contribution is 2.20. The molecule has 0 aliphatic carbocycles. The van der Waals surface area contributed by atoms with E-state index in [4.69, 9.17) is 9.79 Å². The molecule has 0 saturated heterocycles. The molecule has 0 aliphatic heterocycles. The molecule has 5 heteroatoms. The Morgan fingerprint density at radius 2 is 1.67 bits per heavy atom. The van der Waals surface area contributed by atoms with Gasteiger partial charge >= 0.3 is 7.75 Å². The molecule has 0 aromatic heterocycles. The van der Waals surface area contributed by atoms with Crippen molar-refractivity contribution in [2.45, 2.75) is 13.8 Å². The highest BCUT2D eigenvalue weighted by molar-refractivity contribution is 7.44. The first-order chi connectivity index (χ1) is 4.02. The van der Waals surface area contributed by atoms with E-state index in [1.165, 1.54) is 0 Å². The van der Waals surface area contributed by atoms with Gasteiger partial charge in [0, 0.05) is 0 Å². The summed E-state index contributed by atoms with van der Waals surface area (Å²) in [5.74, 6) is 0. The Labute approximate surface area is 54.7 Å². The topological polar surface area (TPSA) is 62.0 Å². The van der Waals surface area contributed by atoms with Crippen LogP contribution in [0.15, 0.2) is 0 Å². The van der Waals surface area contributed by atoms with Crippen LogP contribution in [0.4, 0.5) is 0 Å². The van der Waals surface area contributed by atoms with Gasteiger partial charge in [0.1, 0.15) is 0 Å². The zero-order chi connectivity index (χ0) is 7.49. The van der Waals surface area contributed by atoms with Crippen molar-refractivity contribution in [3.05, 3.63) is 0 Å². The first kappa shape index (κ1) is 9.11. The monoisotopic (exact) mass is 154 g/mol. The third-order valence-electron chi connectivity index (χ3n) is 1.23. The minimum Gasteiger partial charge on any atom is -0.279 e. The maximum atomic E-state index is 10.5. The summed E-state index contributed by atoms with van der Waals surface area (Å²) >= 11 is 0. The SMILES string of the molecule is CC[NH+](CC)P(=O)(O)O. The summed E-state index contributed by atoms with van der Waals surface area (Å²) in [6.07, 6.45) is 0. The van der Waals surface area contributed by atoms with E-state index in [0.29, 0.717) is 17.8 Å². The van der Waals surface area contributed by atoms with E-state index in [-0.39, 0.29) is 0 Å². The fraction of sp³-hybridized carbons (Fsp3) is 1.00. The van der Waals surface area contributed by atoms with E-state index in [0.717, 1.165) is 0 Å². The molecule has 0 spiro atoms. The summed E-state index contributed by atoms with van der Waals surface area (Å²) in [6, 6.07) is 0. The minimum absolute atomic E-state index is 0.336. The van der Waals surface area contributed by atoms with Gasteiger partial charge in [-0.3, -0.25) is 9.79 Å². The van der Waals surface area contributed by atoms with Gasteiger partial charge in [-0.05, 0) is 13.8 Å². The molecule has 3 N–H and O–H groups in total. The van der Waals surface area contributed by atoms with Crippen LogP contribution >= 0.6 is 7.75 Å². The van der Waals surface area contributed by atoms with Crippen LogP contribution in [0.2, 0.25) is 0 Å². The lowest BCUT2D eigenvalue weighted by atomic mass is 10.7. The van der Waals surface area contributed by atoms with E-state index in [9.17, 15) is 4.57 Å². The van der Waals surface area contributed by atoms with E-state index in [1.54, 1.807) is 13.8 Å². The third kappa shape index (κ3) is 2.96. The third-order valence-corrected chi connectivity index (χ3v) is 2.68. The van der Waals surface area contributed by atoms with E-state index in [2.05, 4.69) is 0 Å². The summed E-state index contributed by atoms with van der Waals surface area (Å²) in [4.78, 5) is 17.1. The largest absolute Gasteiger partial charge is 0.524 e. The maximum absolute atomic E-state index is 10.5. The summed E-state index contributed by atoms with van der Waals surface area (Å²) in [5, 5.41) is 0. The molecule has 0 amide bonds. The number of hydrogen-bond acceptors (Lipinski definition) is 1. The quantitative estimate of drug-likeness (QED) is 0.457. The Hall–Kier alpha value is 0.110. The Kier molecular flexibility index (Phi) is 3.36. The fourth-order valence-corrected chi connectivity index (χ4v) is 1.49. The molecule has 0 atom stereocenters. The molecule has 0 aromatic carbocycles. The first-order valence-corrected chi connectivity index (χ1v) is 4.54. The highest BCUT2D eigenvalue weighted by atomic mass is 31.2. The molecule has 0 radical (unpaired) electrons. The smallest absolute Gasteiger partial charge is 0.279 e. The molecule has 0 aliphatic rings. The predicted molar refractivity (Wildman–Crippen MR) is 34.1 cm³/mol. The lowest BCUT2D eigenvalue weighted by molar-refractivity contribution is -0.782. The number of nitrogens with one attached hydrogen (secondary N) is 1. The van der Waals surface area contributed by atoms with Crippen LogP contribution in [0.3, 0.4) is 0 Å². The second kappa shape index (κ2) is 3.32. The van der Waals surface area contributed by atoms with Crippen LogP contribution < -0.4 is 4.67 Å². The molecule has 0 aromatic rings. The second-order valence-electron chi connectivity index (χ2n) is 1.82. The van der Waals surface area contributed by atoms with Gasteiger partial charge in [0.05, 0.1) is 13.1 Å². The van der Waals surface area contributed by atoms with Gasteiger partial charge in [-0.1, -0.05) is 0 Å². The molecule has 56 valence electrons. The zero-order valence-electron chi connectivity index (χ0n) is 5.66. The van der Waals surface area contributed by atoms with Gasteiger partial charge in [0.2, 0.25) is 0 Å². The first-order valence-electron chi connectivity index (χ1n) is 2.93. The van der Waals surface area contributed by atoms with Crippen LogP contribution in [-0.2, 0) is 4.57 Å². The van der Waals surface area contributed by atoms with Gasteiger partial charge in [-0.25, -0.2) is 9.24 Å². The maximum Gasteiger partial charge on any atom is 0.524 e. The van der Waals surface area contributed by atoms with Gasteiger partial charge in [-0.15, -0.1) is 0 Å². The summed E-state index contributed by atoms with van der Waals surface area (Å²) < 4.78 is 10.8. The molecule has 0 rings (SSSR count). The van der Waals surface area contributed by atoms with Gasteiger partial charge in [0.15, 0.2) is 0 Å². The van der Waals surface area contributed by atoms with Crippen LogP contribution in [0.5, 0.6) is 0 Å². The molecular formula is C4H13NO3P+. The van der Waals surface area contributed by atoms with Crippen molar-refractivity contribution in [1.29, 1.82) is 0 Å². The van der Waals surface area contributed by atoms with E-state index in [1.807, 2.05) is 0 Å². The molecule has 4 nitrogen and oxygen atoms in total. The van der Waals surface area contributed by atoms with Crippen molar-refractivity contribution in [3.63, 3.8) is 0 Å². The van der Waals surface area contributed by atoms with E-state index >= 15 is 0 Å². The van der Waals surface area contributed by atoms with Gasteiger partial charge < -0.3 is 0 Å². The lowest BCUT2D eigenvalue weighted by Gasteiger charge is -2.14. The van der Waals surface area contributed by atoms with Crippen LogP contribution in [0.25, 0.3) is 0 Å². The van der Waals surface area contributed by atoms with Crippen LogP contribution in [0.1, 0.15) is 13.8 Å². The average molecular weight is 154 g/mol. The van der Waals surface area contributed by atoms with E-state index < -0.39 is 7.75 Å². The Balaban J connectivity index is 3.96. The molecule has 0 bridgehead atoms. The summed E-state index contributed by atoms with van der Waals surface area (Å²) in [6.45, 7) is 4.44. The Morgan fingerprint density at radius 1 is 1.33 bits per heavy atom. The Bertz CT molecular complexity index is 117. The van der Waals surface area contributed by atoms with Crippen molar-refractivity contribution >= 4 is 7.75 Å². The van der Waals surface area contributed by atoms with Gasteiger partial charge in [0.25, 0.3) is 0 Å². The van der Waals surface area contributed by atoms with Crippen molar-refractivity contribution in [1.82, 2.24) is 0 Å². The minimum atomic E-state index is -3.86. The summed E-state index contributed by atoms with van der Waals surface area (Å²) in [5.41, 5.74) is 0.